The molecule has 3 N–H and O–H groups in total. The highest BCUT2D eigenvalue weighted by molar-refractivity contribution is 5.85. The lowest BCUT2D eigenvalue weighted by molar-refractivity contribution is -0.136. The number of rotatable bonds is 5. The summed E-state index contributed by atoms with van der Waals surface area (Å²) in [6.07, 6.45) is 1.42. The number of benzene rings is 1. The van der Waals surface area contributed by atoms with Crippen molar-refractivity contribution in [3.05, 3.63) is 35.4 Å². The molecule has 130 valence electrons. The van der Waals surface area contributed by atoms with Gasteiger partial charge < -0.3 is 15.8 Å². The van der Waals surface area contributed by atoms with Crippen molar-refractivity contribution in [2.24, 2.45) is 11.1 Å². The van der Waals surface area contributed by atoms with Gasteiger partial charge in [0, 0.05) is 31.7 Å². The summed E-state index contributed by atoms with van der Waals surface area (Å²) in [5.74, 6) is 0.0694. The van der Waals surface area contributed by atoms with E-state index in [1.165, 1.54) is 11.1 Å². The molecular formula is C18H29ClN2O2. The van der Waals surface area contributed by atoms with Crippen molar-refractivity contribution in [2.45, 2.75) is 39.0 Å². The molecule has 2 rings (SSSR count). The molecule has 0 atom stereocenters. The van der Waals surface area contributed by atoms with Gasteiger partial charge in [0.25, 0.3) is 0 Å². The third kappa shape index (κ3) is 4.46. The second kappa shape index (κ2) is 8.13. The van der Waals surface area contributed by atoms with Gasteiger partial charge in [-0.3, -0.25) is 4.79 Å². The molecule has 1 amide bonds. The van der Waals surface area contributed by atoms with Crippen LogP contribution in [0.3, 0.4) is 0 Å². The van der Waals surface area contributed by atoms with Crippen LogP contribution in [0.4, 0.5) is 0 Å². The monoisotopic (exact) mass is 340 g/mol. The van der Waals surface area contributed by atoms with Crippen molar-refractivity contribution in [3.63, 3.8) is 0 Å². The SMILES string of the molecule is Cc1ccccc1C(C)(C)CNC(=O)C1(CN)CCOCC1.Cl. The molecule has 1 aliphatic rings. The van der Waals surface area contributed by atoms with Crippen molar-refractivity contribution in [1.29, 1.82) is 0 Å². The summed E-state index contributed by atoms with van der Waals surface area (Å²) in [7, 11) is 0. The van der Waals surface area contributed by atoms with E-state index >= 15 is 0 Å². The topological polar surface area (TPSA) is 64.4 Å². The van der Waals surface area contributed by atoms with Gasteiger partial charge >= 0.3 is 0 Å². The van der Waals surface area contributed by atoms with E-state index in [-0.39, 0.29) is 23.7 Å². The molecule has 1 aromatic rings. The minimum Gasteiger partial charge on any atom is -0.381 e. The molecule has 0 spiro atoms. The number of amides is 1. The molecule has 1 saturated heterocycles. The lowest BCUT2D eigenvalue weighted by Crippen LogP contribution is -2.51. The van der Waals surface area contributed by atoms with Crippen LogP contribution in [0, 0.1) is 12.3 Å². The third-order valence-electron chi connectivity index (χ3n) is 4.89. The van der Waals surface area contributed by atoms with E-state index in [0.29, 0.717) is 39.1 Å². The minimum absolute atomic E-state index is 0. The fraction of sp³-hybridized carbons (Fsp3) is 0.611. The van der Waals surface area contributed by atoms with Crippen LogP contribution in [0.2, 0.25) is 0 Å². The van der Waals surface area contributed by atoms with Crippen molar-refractivity contribution < 1.29 is 9.53 Å². The summed E-state index contributed by atoms with van der Waals surface area (Å²) in [6, 6.07) is 8.33. The first-order chi connectivity index (χ1) is 10.4. The van der Waals surface area contributed by atoms with Crippen LogP contribution in [0.1, 0.15) is 37.8 Å². The quantitative estimate of drug-likeness (QED) is 0.865. The van der Waals surface area contributed by atoms with Crippen molar-refractivity contribution in [2.75, 3.05) is 26.3 Å². The molecule has 5 heteroatoms. The lowest BCUT2D eigenvalue weighted by Gasteiger charge is -2.36. The number of aryl methyl sites for hydroxylation is 1. The number of hydrogen-bond donors (Lipinski definition) is 2. The fourth-order valence-electron chi connectivity index (χ4n) is 3.20. The zero-order chi connectivity index (χ0) is 16.2. The zero-order valence-corrected chi connectivity index (χ0v) is 15.2. The predicted octanol–water partition coefficient (Wildman–Crippen LogP) is 2.57. The number of nitrogens with one attached hydrogen (secondary N) is 1. The largest absolute Gasteiger partial charge is 0.381 e. The highest BCUT2D eigenvalue weighted by atomic mass is 35.5. The van der Waals surface area contributed by atoms with Crippen LogP contribution in [-0.2, 0) is 14.9 Å². The summed E-state index contributed by atoms with van der Waals surface area (Å²) in [4.78, 5) is 12.7. The van der Waals surface area contributed by atoms with Crippen LogP contribution in [-0.4, -0.2) is 32.2 Å². The molecule has 1 aliphatic heterocycles. The van der Waals surface area contributed by atoms with Crippen LogP contribution in [0.5, 0.6) is 0 Å². The van der Waals surface area contributed by atoms with Crippen LogP contribution in [0.25, 0.3) is 0 Å². The summed E-state index contributed by atoms with van der Waals surface area (Å²) < 4.78 is 5.37. The Morgan fingerprint density at radius 1 is 1.30 bits per heavy atom. The van der Waals surface area contributed by atoms with E-state index in [0.717, 1.165) is 0 Å². The Hall–Kier alpha value is -1.10. The standard InChI is InChI=1S/C18H28N2O2.ClH/c1-14-6-4-5-7-15(14)17(2,3)13-20-16(21)18(12-19)8-10-22-11-9-18;/h4-7H,8-13,19H2,1-3H3,(H,20,21);1H. The summed E-state index contributed by atoms with van der Waals surface area (Å²) >= 11 is 0. The first kappa shape index (κ1) is 19.9. The van der Waals surface area contributed by atoms with Crippen LogP contribution < -0.4 is 11.1 Å². The average Bonchev–Trinajstić information content (AvgIpc) is 2.53. The maximum absolute atomic E-state index is 12.7. The Morgan fingerprint density at radius 3 is 2.48 bits per heavy atom. The Labute approximate surface area is 145 Å². The molecule has 0 aromatic heterocycles. The fourth-order valence-corrected chi connectivity index (χ4v) is 3.20. The molecule has 1 fully saturated rings. The summed E-state index contributed by atoms with van der Waals surface area (Å²) in [6.45, 7) is 8.66. The molecule has 0 unspecified atom stereocenters. The lowest BCUT2D eigenvalue weighted by atomic mass is 9.78. The smallest absolute Gasteiger partial charge is 0.227 e. The maximum atomic E-state index is 12.7. The molecule has 23 heavy (non-hydrogen) atoms. The number of halogens is 1. The second-order valence-corrected chi connectivity index (χ2v) is 6.98. The minimum atomic E-state index is -0.458. The van der Waals surface area contributed by atoms with E-state index in [4.69, 9.17) is 10.5 Å². The molecule has 0 saturated carbocycles. The molecule has 0 aliphatic carbocycles. The van der Waals surface area contributed by atoms with Gasteiger partial charge in [-0.05, 0) is 30.9 Å². The molecule has 0 radical (unpaired) electrons. The van der Waals surface area contributed by atoms with E-state index in [2.05, 4.69) is 38.2 Å². The maximum Gasteiger partial charge on any atom is 0.227 e. The van der Waals surface area contributed by atoms with Crippen molar-refractivity contribution in [3.8, 4) is 0 Å². The van der Waals surface area contributed by atoms with Gasteiger partial charge in [0.1, 0.15) is 0 Å². The van der Waals surface area contributed by atoms with E-state index in [1.54, 1.807) is 0 Å². The van der Waals surface area contributed by atoms with Gasteiger partial charge in [-0.2, -0.15) is 0 Å². The highest BCUT2D eigenvalue weighted by Crippen LogP contribution is 2.30. The number of nitrogens with two attached hydrogens (primary N) is 1. The summed E-state index contributed by atoms with van der Waals surface area (Å²) in [5.41, 5.74) is 7.85. The second-order valence-electron chi connectivity index (χ2n) is 6.98. The zero-order valence-electron chi connectivity index (χ0n) is 14.4. The van der Waals surface area contributed by atoms with Gasteiger partial charge in [0.2, 0.25) is 5.91 Å². The number of carbonyl (C=O) groups excluding carboxylic acids is 1. The van der Waals surface area contributed by atoms with Crippen LogP contribution >= 0.6 is 12.4 Å². The molecule has 4 nitrogen and oxygen atoms in total. The first-order valence-electron chi connectivity index (χ1n) is 8.03. The Morgan fingerprint density at radius 2 is 1.91 bits per heavy atom. The number of carbonyl (C=O) groups is 1. The molecular weight excluding hydrogens is 312 g/mol. The van der Waals surface area contributed by atoms with Crippen molar-refractivity contribution >= 4 is 18.3 Å². The Bertz CT molecular complexity index is 526. The molecule has 1 aromatic carbocycles. The highest BCUT2D eigenvalue weighted by Gasteiger charge is 2.39. The average molecular weight is 341 g/mol. The predicted molar refractivity (Wildman–Crippen MR) is 96.0 cm³/mol. The van der Waals surface area contributed by atoms with E-state index < -0.39 is 5.41 Å². The van der Waals surface area contributed by atoms with Gasteiger partial charge in [0.15, 0.2) is 0 Å². The van der Waals surface area contributed by atoms with Crippen LogP contribution in [0.15, 0.2) is 24.3 Å². The number of ether oxygens (including phenoxy) is 1. The Kier molecular flexibility index (Phi) is 7.05. The van der Waals surface area contributed by atoms with Crippen molar-refractivity contribution in [1.82, 2.24) is 5.32 Å². The van der Waals surface area contributed by atoms with Gasteiger partial charge in [-0.15, -0.1) is 12.4 Å². The number of hydrogen-bond acceptors (Lipinski definition) is 3. The first-order valence-corrected chi connectivity index (χ1v) is 8.03. The van der Waals surface area contributed by atoms with Gasteiger partial charge in [-0.25, -0.2) is 0 Å². The third-order valence-corrected chi connectivity index (χ3v) is 4.89. The van der Waals surface area contributed by atoms with Gasteiger partial charge in [0.05, 0.1) is 5.41 Å². The van der Waals surface area contributed by atoms with Gasteiger partial charge in [-0.1, -0.05) is 38.1 Å². The molecule has 1 heterocycles. The normalized spacial score (nSPS) is 17.2. The molecule has 0 bridgehead atoms. The Balaban J connectivity index is 0.00000264. The van der Waals surface area contributed by atoms with E-state index in [1.807, 2.05) is 12.1 Å². The summed E-state index contributed by atoms with van der Waals surface area (Å²) in [5, 5.41) is 3.14. The van der Waals surface area contributed by atoms with E-state index in [9.17, 15) is 4.79 Å².